The van der Waals surface area contributed by atoms with Gasteiger partial charge in [0.05, 0.1) is 43.7 Å². The Kier molecular flexibility index (Phi) is 9.35. The second-order valence-corrected chi connectivity index (χ2v) is 8.95. The second kappa shape index (κ2) is 12.5. The summed E-state index contributed by atoms with van der Waals surface area (Å²) in [6, 6.07) is 8.16. The molecule has 2 atom stereocenters. The van der Waals surface area contributed by atoms with Gasteiger partial charge in [-0.15, -0.1) is 0 Å². The van der Waals surface area contributed by atoms with E-state index in [1.54, 1.807) is 51.1 Å². The molecular formula is C26H28BrN3O8. The van der Waals surface area contributed by atoms with Gasteiger partial charge in [0, 0.05) is 10.2 Å². The lowest BCUT2D eigenvalue weighted by Gasteiger charge is -2.30. The summed E-state index contributed by atoms with van der Waals surface area (Å²) in [5, 5.41) is 8.10. The van der Waals surface area contributed by atoms with Crippen LogP contribution in [0, 0.1) is 0 Å². The quantitative estimate of drug-likeness (QED) is 0.374. The van der Waals surface area contributed by atoms with Gasteiger partial charge >= 0.3 is 18.0 Å². The zero-order valence-corrected chi connectivity index (χ0v) is 23.1. The fourth-order valence-corrected chi connectivity index (χ4v) is 4.37. The predicted molar refractivity (Wildman–Crippen MR) is 141 cm³/mol. The largest absolute Gasteiger partial charge is 0.493 e. The summed E-state index contributed by atoms with van der Waals surface area (Å²) in [5.74, 6) is -1.19. The first-order valence-electron chi connectivity index (χ1n) is 11.6. The Labute approximate surface area is 228 Å². The topological polar surface area (TPSA) is 141 Å². The monoisotopic (exact) mass is 589 g/mol. The molecule has 0 aromatic heterocycles. The van der Waals surface area contributed by atoms with Gasteiger partial charge < -0.3 is 34.9 Å². The van der Waals surface area contributed by atoms with Gasteiger partial charge in [-0.05, 0) is 50.6 Å². The van der Waals surface area contributed by atoms with E-state index >= 15 is 0 Å². The standard InChI is InChI=1S/C26H28BrN3O8/c1-6-37-24(32)14(3)38-20-12-17(27)16(11-19(20)35-4)22-21(13(2)28-26(34)30-22)23(31)29-18-10-8-7-9-15(18)25(33)36-5/h7-12,14,22H,6H2,1-5H3,(H,29,31)(H2,28,30,34)/t14-,22-/m0/s1. The first-order chi connectivity index (χ1) is 18.1. The Bertz CT molecular complexity index is 1290. The van der Waals surface area contributed by atoms with E-state index in [4.69, 9.17) is 18.9 Å². The molecule has 2 aromatic rings. The lowest BCUT2D eigenvalue weighted by atomic mass is 9.94. The molecule has 12 heteroatoms. The number of halogens is 1. The minimum Gasteiger partial charge on any atom is -0.493 e. The van der Waals surface area contributed by atoms with Crippen LogP contribution in [0.25, 0.3) is 0 Å². The number of benzene rings is 2. The summed E-state index contributed by atoms with van der Waals surface area (Å²) in [6.45, 7) is 5.05. The maximum atomic E-state index is 13.5. The lowest BCUT2D eigenvalue weighted by molar-refractivity contribution is -0.150. The van der Waals surface area contributed by atoms with Gasteiger partial charge in [-0.3, -0.25) is 4.79 Å². The van der Waals surface area contributed by atoms with Crippen LogP contribution in [0.2, 0.25) is 0 Å². The summed E-state index contributed by atoms with van der Waals surface area (Å²) in [5.41, 5.74) is 1.41. The molecule has 0 spiro atoms. The highest BCUT2D eigenvalue weighted by Gasteiger charge is 2.34. The molecule has 202 valence electrons. The van der Waals surface area contributed by atoms with Gasteiger partial charge in [-0.1, -0.05) is 28.1 Å². The highest BCUT2D eigenvalue weighted by atomic mass is 79.9. The number of methoxy groups -OCH3 is 2. The highest BCUT2D eigenvalue weighted by Crippen LogP contribution is 2.40. The van der Waals surface area contributed by atoms with E-state index in [0.717, 1.165) is 0 Å². The zero-order valence-electron chi connectivity index (χ0n) is 21.5. The van der Waals surface area contributed by atoms with Crippen molar-refractivity contribution in [1.29, 1.82) is 0 Å². The molecule has 38 heavy (non-hydrogen) atoms. The van der Waals surface area contributed by atoms with Crippen LogP contribution in [0.4, 0.5) is 10.5 Å². The summed E-state index contributed by atoms with van der Waals surface area (Å²) in [6.07, 6.45) is -0.904. The van der Waals surface area contributed by atoms with Crippen molar-refractivity contribution in [2.45, 2.75) is 32.9 Å². The average molecular weight is 590 g/mol. The number of rotatable bonds is 9. The molecule has 3 rings (SSSR count). The Morgan fingerprint density at radius 1 is 1.13 bits per heavy atom. The van der Waals surface area contributed by atoms with Crippen molar-refractivity contribution in [1.82, 2.24) is 10.6 Å². The smallest absolute Gasteiger partial charge is 0.347 e. The number of anilines is 1. The Balaban J connectivity index is 2.00. The van der Waals surface area contributed by atoms with Crippen LogP contribution in [0.15, 0.2) is 52.1 Å². The van der Waals surface area contributed by atoms with Gasteiger partial charge in [0.2, 0.25) is 0 Å². The van der Waals surface area contributed by atoms with Crippen molar-refractivity contribution < 1.29 is 38.1 Å². The molecule has 0 saturated heterocycles. The van der Waals surface area contributed by atoms with Gasteiger partial charge in [0.1, 0.15) is 0 Å². The molecule has 2 aromatic carbocycles. The molecule has 3 N–H and O–H groups in total. The summed E-state index contributed by atoms with van der Waals surface area (Å²) in [4.78, 5) is 50.1. The fraction of sp³-hybridized carbons (Fsp3) is 0.308. The van der Waals surface area contributed by atoms with E-state index in [2.05, 4.69) is 31.9 Å². The van der Waals surface area contributed by atoms with Crippen molar-refractivity contribution in [2.24, 2.45) is 0 Å². The Morgan fingerprint density at radius 2 is 1.84 bits per heavy atom. The first kappa shape index (κ1) is 28.5. The fourth-order valence-electron chi connectivity index (χ4n) is 3.82. The summed E-state index contributed by atoms with van der Waals surface area (Å²) in [7, 11) is 2.67. The molecule has 1 aliphatic rings. The van der Waals surface area contributed by atoms with Gasteiger partial charge in [0.25, 0.3) is 5.91 Å². The number of urea groups is 1. The molecule has 0 saturated carbocycles. The molecular weight excluding hydrogens is 562 g/mol. The van der Waals surface area contributed by atoms with E-state index in [9.17, 15) is 19.2 Å². The molecule has 1 heterocycles. The van der Waals surface area contributed by atoms with E-state index < -0.39 is 36.0 Å². The van der Waals surface area contributed by atoms with Crippen molar-refractivity contribution in [3.05, 3.63) is 63.3 Å². The number of carbonyl (C=O) groups is 4. The molecule has 0 radical (unpaired) electrons. The minimum absolute atomic E-state index is 0.172. The van der Waals surface area contributed by atoms with Crippen LogP contribution in [0.3, 0.4) is 0 Å². The van der Waals surface area contributed by atoms with Crippen molar-refractivity contribution >= 4 is 45.5 Å². The number of hydrogen-bond acceptors (Lipinski definition) is 8. The maximum absolute atomic E-state index is 13.5. The Morgan fingerprint density at radius 3 is 2.50 bits per heavy atom. The van der Waals surface area contributed by atoms with E-state index in [1.807, 2.05) is 0 Å². The Hall–Kier alpha value is -4.06. The second-order valence-electron chi connectivity index (χ2n) is 8.10. The molecule has 11 nitrogen and oxygen atoms in total. The maximum Gasteiger partial charge on any atom is 0.347 e. The number of carbonyl (C=O) groups excluding carboxylic acids is 4. The van der Waals surface area contributed by atoms with Crippen LogP contribution in [0.5, 0.6) is 11.5 Å². The van der Waals surface area contributed by atoms with Crippen molar-refractivity contribution in [2.75, 3.05) is 26.1 Å². The van der Waals surface area contributed by atoms with Gasteiger partial charge in [-0.2, -0.15) is 0 Å². The van der Waals surface area contributed by atoms with Crippen LogP contribution < -0.4 is 25.4 Å². The molecule has 0 aliphatic carbocycles. The van der Waals surface area contributed by atoms with Crippen LogP contribution in [0.1, 0.15) is 42.7 Å². The molecule has 0 fully saturated rings. The molecule has 3 amide bonds. The van der Waals surface area contributed by atoms with Crippen LogP contribution >= 0.6 is 15.9 Å². The van der Waals surface area contributed by atoms with Crippen molar-refractivity contribution in [3.63, 3.8) is 0 Å². The number of amides is 3. The zero-order chi connectivity index (χ0) is 28.0. The van der Waals surface area contributed by atoms with Crippen molar-refractivity contribution in [3.8, 4) is 11.5 Å². The number of nitrogens with one attached hydrogen (secondary N) is 3. The van der Waals surface area contributed by atoms with E-state index in [-0.39, 0.29) is 34.9 Å². The summed E-state index contributed by atoms with van der Waals surface area (Å²) < 4.78 is 21.5. The lowest BCUT2D eigenvalue weighted by Crippen LogP contribution is -2.46. The van der Waals surface area contributed by atoms with Gasteiger partial charge in [0.15, 0.2) is 17.6 Å². The molecule has 1 aliphatic heterocycles. The number of ether oxygens (including phenoxy) is 4. The SMILES string of the molecule is CCOC(=O)[C@H](C)Oc1cc(Br)c([C@@H]2NC(=O)NC(C)=C2C(=O)Nc2ccccc2C(=O)OC)cc1OC. The molecule has 0 unspecified atom stereocenters. The first-order valence-corrected chi connectivity index (χ1v) is 12.4. The average Bonchev–Trinajstić information content (AvgIpc) is 2.88. The van der Waals surface area contributed by atoms with E-state index in [1.165, 1.54) is 20.3 Å². The third kappa shape index (κ3) is 6.25. The van der Waals surface area contributed by atoms with E-state index in [0.29, 0.717) is 15.7 Å². The number of hydrogen-bond donors (Lipinski definition) is 3. The van der Waals surface area contributed by atoms with Crippen LogP contribution in [-0.2, 0) is 19.1 Å². The predicted octanol–water partition coefficient (Wildman–Crippen LogP) is 3.84. The summed E-state index contributed by atoms with van der Waals surface area (Å²) >= 11 is 3.49. The third-order valence-corrected chi connectivity index (χ3v) is 6.30. The number of allylic oxidation sites excluding steroid dienone is 1. The van der Waals surface area contributed by atoms with Crippen LogP contribution in [-0.4, -0.2) is 50.8 Å². The normalized spacial score (nSPS) is 15.5. The van der Waals surface area contributed by atoms with Gasteiger partial charge in [-0.25, -0.2) is 14.4 Å². The third-order valence-electron chi connectivity index (χ3n) is 5.61. The number of esters is 2. The minimum atomic E-state index is -0.908. The number of para-hydroxylation sites is 1. The molecule has 0 bridgehead atoms. The highest BCUT2D eigenvalue weighted by molar-refractivity contribution is 9.10.